The van der Waals surface area contributed by atoms with E-state index in [4.69, 9.17) is 0 Å². The van der Waals surface area contributed by atoms with Crippen molar-refractivity contribution < 1.29 is 0 Å². The van der Waals surface area contributed by atoms with Gasteiger partial charge in [-0.3, -0.25) is 0 Å². The third-order valence-corrected chi connectivity index (χ3v) is 1.76. The third kappa shape index (κ3) is 2.19. The number of hydrogen-bond acceptors (Lipinski definition) is 0. The summed E-state index contributed by atoms with van der Waals surface area (Å²) in [7, 11) is 0. The fourth-order valence-electron chi connectivity index (χ4n) is 0.740. The molecule has 1 rings (SSSR count). The Morgan fingerprint density at radius 2 is 2.22 bits per heavy atom. The van der Waals surface area contributed by atoms with Crippen molar-refractivity contribution >= 4 is 15.9 Å². The summed E-state index contributed by atoms with van der Waals surface area (Å²) in [5.41, 5.74) is 1.31. The van der Waals surface area contributed by atoms with Crippen molar-refractivity contribution in [2.75, 3.05) is 0 Å². The lowest BCUT2D eigenvalue weighted by molar-refractivity contribution is 1.39. The van der Waals surface area contributed by atoms with Gasteiger partial charge in [0.1, 0.15) is 0 Å². The van der Waals surface area contributed by atoms with Crippen LogP contribution in [0, 0.1) is 0 Å². The maximum Gasteiger partial charge on any atom is 0.0514 e. The van der Waals surface area contributed by atoms with Crippen molar-refractivity contribution in [2.24, 2.45) is 0 Å². The van der Waals surface area contributed by atoms with Gasteiger partial charge in [-0.1, -0.05) is 51.9 Å². The molecule has 1 atom stereocenters. The monoisotopic (exact) mass is 184 g/mol. The molecule has 0 aromatic rings. The van der Waals surface area contributed by atoms with Crippen LogP contribution in [0.1, 0.15) is 6.92 Å². The van der Waals surface area contributed by atoms with Crippen LogP contribution in [-0.4, -0.2) is 4.83 Å². The topological polar surface area (TPSA) is 0 Å². The standard InChI is InChI=1S/C8H9Br/c1-7-4-2-3-5-8(9)6-7/h2-6,8H,1H3. The van der Waals surface area contributed by atoms with Gasteiger partial charge in [-0.25, -0.2) is 0 Å². The molecule has 0 amide bonds. The summed E-state index contributed by atoms with van der Waals surface area (Å²) in [6.45, 7) is 2.10. The summed E-state index contributed by atoms with van der Waals surface area (Å²) >= 11 is 3.48. The van der Waals surface area contributed by atoms with E-state index in [1.807, 2.05) is 12.2 Å². The Morgan fingerprint density at radius 3 is 3.00 bits per heavy atom. The summed E-state index contributed by atoms with van der Waals surface area (Å²) in [6.07, 6.45) is 10.5. The van der Waals surface area contributed by atoms with Gasteiger partial charge in [-0.2, -0.15) is 0 Å². The van der Waals surface area contributed by atoms with E-state index in [0.717, 1.165) is 0 Å². The molecule has 0 aliphatic heterocycles. The average Bonchev–Trinajstić information content (AvgIpc) is 1.93. The Morgan fingerprint density at radius 1 is 1.44 bits per heavy atom. The molecular formula is C8H9Br. The van der Waals surface area contributed by atoms with Crippen LogP contribution in [0.2, 0.25) is 0 Å². The van der Waals surface area contributed by atoms with E-state index in [0.29, 0.717) is 4.83 Å². The molecule has 48 valence electrons. The molecule has 0 fully saturated rings. The molecule has 0 saturated carbocycles. The second-order valence-corrected chi connectivity index (χ2v) is 3.16. The first-order valence-corrected chi connectivity index (χ1v) is 3.88. The fraction of sp³-hybridized carbons (Fsp3) is 0.250. The highest BCUT2D eigenvalue weighted by molar-refractivity contribution is 9.09. The van der Waals surface area contributed by atoms with Crippen LogP contribution in [0.4, 0.5) is 0 Å². The Balaban J connectivity index is 2.77. The third-order valence-electron chi connectivity index (χ3n) is 1.19. The molecule has 9 heavy (non-hydrogen) atoms. The smallest absolute Gasteiger partial charge is 0.0514 e. The Kier molecular flexibility index (Phi) is 2.29. The van der Waals surface area contributed by atoms with Gasteiger partial charge < -0.3 is 0 Å². The molecule has 1 unspecified atom stereocenters. The predicted octanol–water partition coefficient (Wildman–Crippen LogP) is 2.82. The molecule has 0 bridgehead atoms. The lowest BCUT2D eigenvalue weighted by atomic mass is 10.2. The van der Waals surface area contributed by atoms with Gasteiger partial charge in [0.05, 0.1) is 4.83 Å². The second-order valence-electron chi connectivity index (χ2n) is 2.10. The molecule has 0 aromatic carbocycles. The number of alkyl halides is 1. The minimum Gasteiger partial charge on any atom is -0.0799 e. The van der Waals surface area contributed by atoms with Crippen LogP contribution in [-0.2, 0) is 0 Å². The minimum atomic E-state index is 0.410. The SMILES string of the molecule is CC1=CC(Br)C=CC=C1. The molecule has 0 spiro atoms. The summed E-state index contributed by atoms with van der Waals surface area (Å²) in [4.78, 5) is 0.410. The van der Waals surface area contributed by atoms with E-state index in [2.05, 4.69) is 41.1 Å². The minimum absolute atomic E-state index is 0.410. The van der Waals surface area contributed by atoms with Gasteiger partial charge in [0, 0.05) is 0 Å². The first-order chi connectivity index (χ1) is 4.29. The van der Waals surface area contributed by atoms with Crippen LogP contribution in [0.15, 0.2) is 36.0 Å². The number of halogens is 1. The summed E-state index contributed by atoms with van der Waals surface area (Å²) < 4.78 is 0. The van der Waals surface area contributed by atoms with Gasteiger partial charge in [0.2, 0.25) is 0 Å². The second kappa shape index (κ2) is 3.02. The number of hydrogen-bond donors (Lipinski definition) is 0. The van der Waals surface area contributed by atoms with Gasteiger partial charge in [0.25, 0.3) is 0 Å². The molecule has 0 aromatic heterocycles. The Bertz CT molecular complexity index is 175. The van der Waals surface area contributed by atoms with E-state index >= 15 is 0 Å². The van der Waals surface area contributed by atoms with E-state index in [1.54, 1.807) is 0 Å². The first kappa shape index (κ1) is 6.81. The van der Waals surface area contributed by atoms with Crippen LogP contribution >= 0.6 is 15.9 Å². The van der Waals surface area contributed by atoms with Crippen LogP contribution in [0.5, 0.6) is 0 Å². The summed E-state index contributed by atoms with van der Waals surface area (Å²) in [6, 6.07) is 0. The molecule has 0 saturated heterocycles. The molecule has 0 radical (unpaired) electrons. The average molecular weight is 185 g/mol. The normalized spacial score (nSPS) is 25.6. The quantitative estimate of drug-likeness (QED) is 0.509. The largest absolute Gasteiger partial charge is 0.0799 e. The first-order valence-electron chi connectivity index (χ1n) is 2.96. The molecule has 1 aliphatic rings. The maximum absolute atomic E-state index is 3.48. The predicted molar refractivity (Wildman–Crippen MR) is 44.8 cm³/mol. The van der Waals surface area contributed by atoms with Crippen molar-refractivity contribution in [2.45, 2.75) is 11.8 Å². The van der Waals surface area contributed by atoms with Gasteiger partial charge >= 0.3 is 0 Å². The highest BCUT2D eigenvalue weighted by Crippen LogP contribution is 2.10. The Hall–Kier alpha value is -0.300. The molecular weight excluding hydrogens is 176 g/mol. The number of allylic oxidation sites excluding steroid dienone is 6. The summed E-state index contributed by atoms with van der Waals surface area (Å²) in [5, 5.41) is 0. The zero-order valence-corrected chi connectivity index (χ0v) is 6.93. The maximum atomic E-state index is 3.48. The van der Waals surface area contributed by atoms with Crippen LogP contribution in [0.25, 0.3) is 0 Å². The van der Waals surface area contributed by atoms with Gasteiger partial charge in [-0.05, 0) is 6.92 Å². The lowest BCUT2D eigenvalue weighted by Gasteiger charge is -1.92. The van der Waals surface area contributed by atoms with E-state index in [-0.39, 0.29) is 0 Å². The van der Waals surface area contributed by atoms with E-state index in [1.165, 1.54) is 5.57 Å². The summed E-state index contributed by atoms with van der Waals surface area (Å²) in [5.74, 6) is 0. The zero-order valence-electron chi connectivity index (χ0n) is 5.34. The van der Waals surface area contributed by atoms with E-state index in [9.17, 15) is 0 Å². The van der Waals surface area contributed by atoms with Crippen molar-refractivity contribution in [1.82, 2.24) is 0 Å². The van der Waals surface area contributed by atoms with Crippen LogP contribution in [0.3, 0.4) is 0 Å². The highest BCUT2D eigenvalue weighted by atomic mass is 79.9. The number of rotatable bonds is 0. The van der Waals surface area contributed by atoms with Crippen molar-refractivity contribution in [3.05, 3.63) is 36.0 Å². The van der Waals surface area contributed by atoms with Crippen LogP contribution < -0.4 is 0 Å². The zero-order chi connectivity index (χ0) is 6.69. The van der Waals surface area contributed by atoms with Crippen molar-refractivity contribution in [3.63, 3.8) is 0 Å². The van der Waals surface area contributed by atoms with Gasteiger partial charge in [0.15, 0.2) is 0 Å². The van der Waals surface area contributed by atoms with E-state index < -0.39 is 0 Å². The molecule has 0 heterocycles. The molecule has 0 N–H and O–H groups in total. The van der Waals surface area contributed by atoms with Crippen molar-refractivity contribution in [3.8, 4) is 0 Å². The molecule has 1 aliphatic carbocycles. The van der Waals surface area contributed by atoms with Crippen molar-refractivity contribution in [1.29, 1.82) is 0 Å². The Labute approximate surface area is 64.1 Å². The molecule has 1 heteroatoms. The fourth-order valence-corrected chi connectivity index (χ4v) is 1.33. The lowest BCUT2D eigenvalue weighted by Crippen LogP contribution is -1.83. The molecule has 0 nitrogen and oxygen atoms in total. The van der Waals surface area contributed by atoms with Gasteiger partial charge in [-0.15, -0.1) is 0 Å². The highest BCUT2D eigenvalue weighted by Gasteiger charge is 1.94.